The van der Waals surface area contributed by atoms with Crippen LogP contribution in [0.1, 0.15) is 38.2 Å². The van der Waals surface area contributed by atoms with Gasteiger partial charge in [0.15, 0.2) is 6.04 Å². The SMILES string of the molecule is CCC1=NC(C(N)=O)C(Nc2ccc(N3CCC(N4CCN(C)CC4)CC3)c(C)c2)NC1=NCCCN. The van der Waals surface area contributed by atoms with Crippen molar-refractivity contribution in [3.8, 4) is 0 Å². The smallest absolute Gasteiger partial charge is 0.246 e. The van der Waals surface area contributed by atoms with Gasteiger partial charge >= 0.3 is 0 Å². The van der Waals surface area contributed by atoms with Crippen molar-refractivity contribution in [3.63, 3.8) is 0 Å². The van der Waals surface area contributed by atoms with Crippen LogP contribution in [-0.2, 0) is 4.79 Å². The number of benzene rings is 1. The maximum Gasteiger partial charge on any atom is 0.246 e. The predicted octanol–water partition coefficient (Wildman–Crippen LogP) is 1.00. The van der Waals surface area contributed by atoms with Crippen LogP contribution in [0.25, 0.3) is 0 Å². The van der Waals surface area contributed by atoms with Crippen molar-refractivity contribution in [1.29, 1.82) is 0 Å². The number of nitrogens with zero attached hydrogens (tertiary/aromatic N) is 5. The van der Waals surface area contributed by atoms with Crippen LogP contribution in [0.2, 0.25) is 0 Å². The summed E-state index contributed by atoms with van der Waals surface area (Å²) in [5.74, 6) is 0.246. The van der Waals surface area contributed by atoms with Crippen molar-refractivity contribution in [2.45, 2.75) is 57.8 Å². The van der Waals surface area contributed by atoms with Crippen LogP contribution in [0.15, 0.2) is 28.2 Å². The van der Waals surface area contributed by atoms with Gasteiger partial charge in [0.2, 0.25) is 5.91 Å². The number of hydrogen-bond acceptors (Lipinski definition) is 8. The first-order valence-electron chi connectivity index (χ1n) is 13.8. The molecule has 6 N–H and O–H groups in total. The van der Waals surface area contributed by atoms with Crippen LogP contribution in [0.3, 0.4) is 0 Å². The summed E-state index contributed by atoms with van der Waals surface area (Å²) < 4.78 is 0. The first kappa shape index (κ1) is 27.3. The van der Waals surface area contributed by atoms with Crippen molar-refractivity contribution in [2.24, 2.45) is 21.5 Å². The summed E-state index contributed by atoms with van der Waals surface area (Å²) >= 11 is 0. The maximum absolute atomic E-state index is 12.2. The molecular formula is C27H45N9O. The van der Waals surface area contributed by atoms with Gasteiger partial charge in [-0.25, -0.2) is 0 Å². The highest BCUT2D eigenvalue weighted by Gasteiger charge is 2.33. The Hall–Kier alpha value is -2.69. The summed E-state index contributed by atoms with van der Waals surface area (Å²) in [5, 5.41) is 6.83. The van der Waals surface area contributed by atoms with Gasteiger partial charge in [-0.1, -0.05) is 6.92 Å². The Morgan fingerprint density at radius 2 is 1.92 bits per heavy atom. The third-order valence-corrected chi connectivity index (χ3v) is 7.81. The van der Waals surface area contributed by atoms with E-state index in [-0.39, 0.29) is 0 Å². The zero-order valence-electron chi connectivity index (χ0n) is 22.7. The average molecular weight is 512 g/mol. The van der Waals surface area contributed by atoms with Crippen LogP contribution >= 0.6 is 0 Å². The Labute approximate surface area is 221 Å². The number of nitrogens with one attached hydrogen (secondary N) is 2. The molecule has 0 radical (unpaired) electrons. The molecule has 3 aliphatic rings. The summed E-state index contributed by atoms with van der Waals surface area (Å²) in [5.41, 5.74) is 15.5. The number of aliphatic imine (C=N–C) groups is 2. The molecule has 3 heterocycles. The van der Waals surface area contributed by atoms with Gasteiger partial charge in [0.25, 0.3) is 0 Å². The lowest BCUT2D eigenvalue weighted by Crippen LogP contribution is -2.58. The third kappa shape index (κ3) is 6.80. The molecule has 3 aliphatic heterocycles. The molecule has 0 saturated carbocycles. The van der Waals surface area contributed by atoms with E-state index in [4.69, 9.17) is 11.5 Å². The molecule has 1 amide bonds. The van der Waals surface area contributed by atoms with E-state index in [9.17, 15) is 4.79 Å². The fraction of sp³-hybridized carbons (Fsp3) is 0.667. The van der Waals surface area contributed by atoms with E-state index in [1.54, 1.807) is 0 Å². The van der Waals surface area contributed by atoms with Crippen molar-refractivity contribution in [3.05, 3.63) is 23.8 Å². The molecule has 0 bridgehead atoms. The van der Waals surface area contributed by atoms with Gasteiger partial charge in [0.1, 0.15) is 12.0 Å². The number of carbonyl (C=O) groups is 1. The Bertz CT molecular complexity index is 978. The molecule has 0 aromatic heterocycles. The number of carbonyl (C=O) groups excluding carboxylic acids is 1. The normalized spacial score (nSPS) is 25.1. The molecule has 10 heteroatoms. The molecule has 10 nitrogen and oxygen atoms in total. The van der Waals surface area contributed by atoms with Crippen LogP contribution < -0.4 is 27.0 Å². The zero-order chi connectivity index (χ0) is 26.4. The molecule has 0 spiro atoms. The van der Waals surface area contributed by atoms with Crippen molar-refractivity contribution in [2.75, 3.05) is 69.6 Å². The van der Waals surface area contributed by atoms with Gasteiger partial charge in [0, 0.05) is 63.2 Å². The predicted molar refractivity (Wildman–Crippen MR) is 153 cm³/mol. The molecule has 1 aromatic carbocycles. The summed E-state index contributed by atoms with van der Waals surface area (Å²) in [6.45, 7) is 12.2. The highest BCUT2D eigenvalue weighted by molar-refractivity contribution is 6.42. The second-order valence-electron chi connectivity index (χ2n) is 10.5. The van der Waals surface area contributed by atoms with Gasteiger partial charge in [-0.3, -0.25) is 19.7 Å². The molecular weight excluding hydrogens is 466 g/mol. The molecule has 2 saturated heterocycles. The van der Waals surface area contributed by atoms with E-state index in [0.717, 1.165) is 30.9 Å². The van der Waals surface area contributed by atoms with E-state index >= 15 is 0 Å². The number of primary amides is 1. The number of aryl methyl sites for hydroxylation is 1. The third-order valence-electron chi connectivity index (χ3n) is 7.81. The fourth-order valence-electron chi connectivity index (χ4n) is 5.57. The first-order chi connectivity index (χ1) is 17.9. The van der Waals surface area contributed by atoms with Crippen LogP contribution in [0.5, 0.6) is 0 Å². The number of rotatable bonds is 9. The second kappa shape index (κ2) is 12.7. The van der Waals surface area contributed by atoms with Gasteiger partial charge in [-0.05, 0) is 70.0 Å². The molecule has 1 aromatic rings. The van der Waals surface area contributed by atoms with Gasteiger partial charge in [-0.15, -0.1) is 0 Å². The van der Waals surface area contributed by atoms with E-state index in [0.29, 0.717) is 31.4 Å². The minimum atomic E-state index is -0.711. The number of amides is 1. The molecule has 2 atom stereocenters. The number of hydrogen-bond donors (Lipinski definition) is 4. The highest BCUT2D eigenvalue weighted by atomic mass is 16.1. The second-order valence-corrected chi connectivity index (χ2v) is 10.5. The van der Waals surface area contributed by atoms with Crippen molar-refractivity contribution in [1.82, 2.24) is 15.1 Å². The fourth-order valence-corrected chi connectivity index (χ4v) is 5.57. The maximum atomic E-state index is 12.2. The standard InChI is InChI=1S/C27H45N9O/c1-4-22-26(30-11-5-10-28)33-27(24(32-22)25(29)37)31-20-6-7-23(19(2)18-20)36-12-8-21(9-13-36)35-16-14-34(3)15-17-35/h6-7,18,21,24,27,31H,4-5,8-17,28H2,1-3H3,(H2,29,37)(H,30,33). The molecule has 0 aliphatic carbocycles. The Morgan fingerprint density at radius 3 is 2.54 bits per heavy atom. The van der Waals surface area contributed by atoms with E-state index in [1.807, 2.05) is 6.92 Å². The average Bonchev–Trinajstić information content (AvgIpc) is 2.89. The first-order valence-corrected chi connectivity index (χ1v) is 13.8. The Kier molecular flexibility index (Phi) is 9.39. The highest BCUT2D eigenvalue weighted by Crippen LogP contribution is 2.28. The van der Waals surface area contributed by atoms with E-state index in [2.05, 4.69) is 67.5 Å². The number of anilines is 2. The molecule has 204 valence electrons. The summed E-state index contributed by atoms with van der Waals surface area (Å²) in [6, 6.07) is 6.40. The van der Waals surface area contributed by atoms with Crippen molar-refractivity contribution < 1.29 is 4.79 Å². The minimum Gasteiger partial charge on any atom is -0.371 e. The Morgan fingerprint density at radius 1 is 1.19 bits per heavy atom. The summed E-state index contributed by atoms with van der Waals surface area (Å²) in [4.78, 5) is 29.1. The number of piperidine rings is 1. The molecule has 4 rings (SSSR count). The van der Waals surface area contributed by atoms with Gasteiger partial charge in [0.05, 0.1) is 5.71 Å². The summed E-state index contributed by atoms with van der Waals surface area (Å²) in [7, 11) is 2.21. The molecule has 2 unspecified atom stereocenters. The number of amidine groups is 1. The lowest BCUT2D eigenvalue weighted by atomic mass is 10.0. The summed E-state index contributed by atoms with van der Waals surface area (Å²) in [6.07, 6.45) is 3.42. The minimum absolute atomic E-state index is 0.464. The van der Waals surface area contributed by atoms with E-state index in [1.165, 1.54) is 50.3 Å². The van der Waals surface area contributed by atoms with Crippen molar-refractivity contribution >= 4 is 28.8 Å². The number of piperazine rings is 1. The monoisotopic (exact) mass is 511 g/mol. The molecule has 2 fully saturated rings. The van der Waals surface area contributed by atoms with Crippen LogP contribution in [0, 0.1) is 6.92 Å². The zero-order valence-corrected chi connectivity index (χ0v) is 22.7. The topological polar surface area (TPSA) is 128 Å². The number of likely N-dealkylation sites (N-methyl/N-ethyl adjacent to an activating group) is 1. The van der Waals surface area contributed by atoms with Gasteiger partial charge < -0.3 is 31.9 Å². The lowest BCUT2D eigenvalue weighted by Gasteiger charge is -2.43. The Balaban J connectivity index is 1.40. The van der Waals surface area contributed by atoms with E-state index < -0.39 is 18.1 Å². The lowest BCUT2D eigenvalue weighted by molar-refractivity contribution is -0.119. The van der Waals surface area contributed by atoms with Crippen LogP contribution in [0.4, 0.5) is 11.4 Å². The largest absolute Gasteiger partial charge is 0.371 e. The molecule has 37 heavy (non-hydrogen) atoms. The van der Waals surface area contributed by atoms with Crippen LogP contribution in [-0.4, -0.2) is 105 Å². The van der Waals surface area contributed by atoms with Gasteiger partial charge in [-0.2, -0.15) is 0 Å². The quantitative estimate of drug-likeness (QED) is 0.364. The number of nitrogens with two attached hydrogens (primary N) is 2.